The lowest BCUT2D eigenvalue weighted by atomic mass is 9.53. The van der Waals surface area contributed by atoms with Crippen molar-refractivity contribution in [1.82, 2.24) is 35.1 Å². The Labute approximate surface area is 173 Å². The summed E-state index contributed by atoms with van der Waals surface area (Å²) in [5.41, 5.74) is 3.54. The summed E-state index contributed by atoms with van der Waals surface area (Å²) in [7, 11) is 0. The van der Waals surface area contributed by atoms with Gasteiger partial charge in [-0.25, -0.2) is 10.1 Å². The number of aromatic amines is 1. The molecule has 1 spiro atoms. The minimum absolute atomic E-state index is 0.0292. The summed E-state index contributed by atoms with van der Waals surface area (Å²) in [6.45, 7) is 1.34. The summed E-state index contributed by atoms with van der Waals surface area (Å²) in [4.78, 5) is 18.7. The van der Waals surface area contributed by atoms with Gasteiger partial charge in [0.2, 0.25) is 5.91 Å². The second kappa shape index (κ2) is 6.46. The van der Waals surface area contributed by atoms with Gasteiger partial charge in [-0.3, -0.25) is 4.79 Å². The van der Waals surface area contributed by atoms with Crippen molar-refractivity contribution in [3.8, 4) is 11.3 Å². The van der Waals surface area contributed by atoms with Crippen molar-refractivity contribution in [1.29, 1.82) is 0 Å². The standard InChI is InChI=1S/C21H23N7O2/c29-18(9-17-23-25-26-24-17)27-7-5-21(6-8-27)10-15(20(21)30)19-14-4-2-1-3-13(14)16-11-22-12-28(16)19/h1-4,11-12,15,19-20,30H,5-10H2,(H,23,24,25,26)/t15-,19?,20+/m0/s1. The Kier molecular flexibility index (Phi) is 3.83. The summed E-state index contributed by atoms with van der Waals surface area (Å²) in [5.74, 6) is 0.686. The largest absolute Gasteiger partial charge is 0.392 e. The van der Waals surface area contributed by atoms with Crippen molar-refractivity contribution < 1.29 is 9.90 Å². The molecule has 2 N–H and O–H groups in total. The minimum atomic E-state index is -0.375. The van der Waals surface area contributed by atoms with Crippen LogP contribution in [0.2, 0.25) is 0 Å². The molecule has 4 heterocycles. The van der Waals surface area contributed by atoms with Crippen molar-refractivity contribution >= 4 is 5.91 Å². The summed E-state index contributed by atoms with van der Waals surface area (Å²) < 4.78 is 2.22. The molecule has 1 amide bonds. The number of benzene rings is 1. The first-order chi connectivity index (χ1) is 14.7. The topological polar surface area (TPSA) is 113 Å². The van der Waals surface area contributed by atoms with E-state index in [1.165, 1.54) is 11.1 Å². The van der Waals surface area contributed by atoms with E-state index < -0.39 is 0 Å². The minimum Gasteiger partial charge on any atom is -0.392 e. The van der Waals surface area contributed by atoms with E-state index >= 15 is 0 Å². The van der Waals surface area contributed by atoms with E-state index in [9.17, 15) is 9.90 Å². The maximum absolute atomic E-state index is 12.5. The highest BCUT2D eigenvalue weighted by Gasteiger charge is 2.58. The Morgan fingerprint density at radius 2 is 2.10 bits per heavy atom. The number of fused-ring (bicyclic) bond motifs is 3. The van der Waals surface area contributed by atoms with Crippen LogP contribution in [0.4, 0.5) is 0 Å². The number of amides is 1. The molecule has 9 heteroatoms. The van der Waals surface area contributed by atoms with Crippen LogP contribution >= 0.6 is 0 Å². The van der Waals surface area contributed by atoms with Crippen molar-refractivity contribution in [3.63, 3.8) is 0 Å². The molecule has 9 nitrogen and oxygen atoms in total. The van der Waals surface area contributed by atoms with E-state index in [-0.39, 0.29) is 35.8 Å². The maximum atomic E-state index is 12.5. The quantitative estimate of drug-likeness (QED) is 0.677. The van der Waals surface area contributed by atoms with Gasteiger partial charge in [0.1, 0.15) is 0 Å². The Balaban J connectivity index is 1.16. The molecular weight excluding hydrogens is 382 g/mol. The van der Waals surface area contributed by atoms with E-state index in [4.69, 9.17) is 0 Å². The molecule has 2 aromatic heterocycles. The Morgan fingerprint density at radius 1 is 1.27 bits per heavy atom. The molecule has 154 valence electrons. The molecule has 3 aromatic rings. The van der Waals surface area contributed by atoms with Gasteiger partial charge in [-0.15, -0.1) is 5.10 Å². The fourth-order valence-corrected chi connectivity index (χ4v) is 5.80. The van der Waals surface area contributed by atoms with E-state index in [1.54, 1.807) is 0 Å². The number of piperidine rings is 1. The molecule has 3 atom stereocenters. The summed E-state index contributed by atoms with van der Waals surface area (Å²) in [5, 5.41) is 24.8. The maximum Gasteiger partial charge on any atom is 0.230 e. The molecule has 2 aliphatic heterocycles. The van der Waals surface area contributed by atoms with Gasteiger partial charge >= 0.3 is 0 Å². The molecule has 0 bridgehead atoms. The lowest BCUT2D eigenvalue weighted by Crippen LogP contribution is -2.60. The Bertz CT molecular complexity index is 1080. The van der Waals surface area contributed by atoms with Crippen LogP contribution < -0.4 is 0 Å². The average Bonchev–Trinajstić information content (AvgIpc) is 3.50. The predicted octanol–water partition coefficient (Wildman–Crippen LogP) is 1.20. The molecular formula is C21H23N7O2. The van der Waals surface area contributed by atoms with Gasteiger partial charge in [-0.05, 0) is 35.3 Å². The lowest BCUT2D eigenvalue weighted by Gasteiger charge is -2.58. The van der Waals surface area contributed by atoms with Crippen LogP contribution in [0.1, 0.15) is 36.7 Å². The number of nitrogens with zero attached hydrogens (tertiary/aromatic N) is 6. The van der Waals surface area contributed by atoms with Crippen molar-refractivity contribution in [2.45, 2.75) is 37.8 Å². The Morgan fingerprint density at radius 3 is 2.87 bits per heavy atom. The normalized spacial score (nSPS) is 26.3. The number of aliphatic hydroxyl groups excluding tert-OH is 1. The number of H-pyrrole nitrogens is 1. The molecule has 1 saturated carbocycles. The van der Waals surface area contributed by atoms with Crippen molar-refractivity contribution in [3.05, 3.63) is 48.2 Å². The van der Waals surface area contributed by atoms with Crippen LogP contribution in [0.25, 0.3) is 11.3 Å². The van der Waals surface area contributed by atoms with Gasteiger partial charge < -0.3 is 14.6 Å². The first kappa shape index (κ1) is 17.8. The molecule has 6 rings (SSSR count). The number of aromatic nitrogens is 6. The van der Waals surface area contributed by atoms with E-state index in [1.807, 2.05) is 17.4 Å². The number of tetrazole rings is 1. The zero-order chi connectivity index (χ0) is 20.3. The molecule has 1 aliphatic carbocycles. The number of likely N-dealkylation sites (tertiary alicyclic amines) is 1. The van der Waals surface area contributed by atoms with Crippen LogP contribution in [-0.4, -0.2) is 65.3 Å². The highest BCUT2D eigenvalue weighted by molar-refractivity contribution is 5.78. The average molecular weight is 405 g/mol. The fraction of sp³-hybridized carbons (Fsp3) is 0.476. The predicted molar refractivity (Wildman–Crippen MR) is 106 cm³/mol. The monoisotopic (exact) mass is 405 g/mol. The Hall–Kier alpha value is -3.07. The van der Waals surface area contributed by atoms with Crippen LogP contribution in [0.3, 0.4) is 0 Å². The number of aliphatic hydroxyl groups is 1. The molecule has 30 heavy (non-hydrogen) atoms. The third-order valence-corrected chi connectivity index (χ3v) is 7.42. The SMILES string of the molecule is O=C(Cc1nnn[nH]1)N1CCC2(CC1)C[C@@H](C1c3ccccc3-c3cncn31)[C@H]2O. The summed E-state index contributed by atoms with van der Waals surface area (Å²) in [6, 6.07) is 8.57. The van der Waals surface area contributed by atoms with Crippen molar-refractivity contribution in [2.24, 2.45) is 11.3 Å². The van der Waals surface area contributed by atoms with Crippen LogP contribution in [0.5, 0.6) is 0 Å². The smallest absolute Gasteiger partial charge is 0.230 e. The van der Waals surface area contributed by atoms with E-state index in [0.717, 1.165) is 25.0 Å². The third kappa shape index (κ3) is 2.48. The molecule has 1 aromatic carbocycles. The number of hydrogen-bond donors (Lipinski definition) is 2. The van der Waals surface area contributed by atoms with E-state index in [0.29, 0.717) is 18.9 Å². The molecule has 0 radical (unpaired) electrons. The van der Waals surface area contributed by atoms with Gasteiger partial charge in [0, 0.05) is 30.0 Å². The zero-order valence-electron chi connectivity index (χ0n) is 16.5. The zero-order valence-corrected chi connectivity index (χ0v) is 16.5. The number of carbonyl (C=O) groups excluding carboxylic acids is 1. The van der Waals surface area contributed by atoms with Crippen LogP contribution in [-0.2, 0) is 11.2 Å². The molecule has 1 unspecified atom stereocenters. The number of rotatable bonds is 3. The second-order valence-corrected chi connectivity index (χ2v) is 8.80. The van der Waals surface area contributed by atoms with Gasteiger partial charge in [0.15, 0.2) is 5.82 Å². The second-order valence-electron chi connectivity index (χ2n) is 8.80. The van der Waals surface area contributed by atoms with E-state index in [2.05, 4.69) is 54.4 Å². The van der Waals surface area contributed by atoms with Gasteiger partial charge in [0.05, 0.1) is 36.8 Å². The van der Waals surface area contributed by atoms with Gasteiger partial charge in [0.25, 0.3) is 0 Å². The van der Waals surface area contributed by atoms with Gasteiger partial charge in [-0.1, -0.05) is 24.3 Å². The fourth-order valence-electron chi connectivity index (χ4n) is 5.80. The highest BCUT2D eigenvalue weighted by Crippen LogP contribution is 2.59. The summed E-state index contributed by atoms with van der Waals surface area (Å²) >= 11 is 0. The number of carbonyl (C=O) groups is 1. The molecule has 3 aliphatic rings. The highest BCUT2D eigenvalue weighted by atomic mass is 16.3. The molecule has 2 fully saturated rings. The first-order valence-electron chi connectivity index (χ1n) is 10.5. The third-order valence-electron chi connectivity index (χ3n) is 7.42. The number of nitrogens with one attached hydrogen (secondary N) is 1. The lowest BCUT2D eigenvalue weighted by molar-refractivity contribution is -0.164. The number of hydrogen-bond acceptors (Lipinski definition) is 6. The van der Waals surface area contributed by atoms with Crippen LogP contribution in [0.15, 0.2) is 36.8 Å². The summed E-state index contributed by atoms with van der Waals surface area (Å²) in [6.07, 6.45) is 6.24. The van der Waals surface area contributed by atoms with Crippen molar-refractivity contribution in [2.75, 3.05) is 13.1 Å². The molecule has 1 saturated heterocycles. The van der Waals surface area contributed by atoms with Crippen LogP contribution in [0, 0.1) is 11.3 Å². The van der Waals surface area contributed by atoms with Gasteiger partial charge in [-0.2, -0.15) is 0 Å². The first-order valence-corrected chi connectivity index (χ1v) is 10.5. The number of imidazole rings is 1.